The molecule has 1 heteroatoms. The number of rotatable bonds is 0. The van der Waals surface area contributed by atoms with Gasteiger partial charge in [0.15, 0.2) is 0 Å². The predicted octanol–water partition coefficient (Wildman–Crippen LogP) is 1.88. The van der Waals surface area contributed by atoms with E-state index in [1.807, 2.05) is 0 Å². The second kappa shape index (κ2) is 1.97. The smallest absolute Gasteiger partial charge is 0.0185 e. The summed E-state index contributed by atoms with van der Waals surface area (Å²) in [6.07, 6.45) is 4.31. The lowest BCUT2D eigenvalue weighted by Gasteiger charge is -2.26. The Kier molecular flexibility index (Phi) is 1.31. The summed E-state index contributed by atoms with van der Waals surface area (Å²) in [6, 6.07) is 0. The lowest BCUT2D eigenvalue weighted by Crippen LogP contribution is -2.34. The normalized spacial score (nSPS) is 48.0. The van der Waals surface area contributed by atoms with E-state index in [1.165, 1.54) is 32.4 Å². The molecule has 2 atom stereocenters. The zero-order valence-electron chi connectivity index (χ0n) is 7.06. The average Bonchev–Trinajstić information content (AvgIpc) is 2.20. The Morgan fingerprint density at radius 2 is 2.30 bits per heavy atom. The highest BCUT2D eigenvalue weighted by Crippen LogP contribution is 2.40. The third kappa shape index (κ3) is 0.800. The van der Waals surface area contributed by atoms with Gasteiger partial charge >= 0.3 is 0 Å². The second-order valence-electron chi connectivity index (χ2n) is 4.36. The van der Waals surface area contributed by atoms with Gasteiger partial charge in [-0.2, -0.15) is 0 Å². The Morgan fingerprint density at radius 3 is 3.00 bits per heavy atom. The van der Waals surface area contributed by atoms with Crippen molar-refractivity contribution in [1.29, 1.82) is 0 Å². The van der Waals surface area contributed by atoms with Crippen LogP contribution in [0.5, 0.6) is 0 Å². The Bertz CT molecular complexity index is 144. The average molecular weight is 139 g/mol. The van der Waals surface area contributed by atoms with Gasteiger partial charge in [0.1, 0.15) is 0 Å². The van der Waals surface area contributed by atoms with E-state index >= 15 is 0 Å². The maximum absolute atomic E-state index is 2.68. The molecular formula is C9H17N. The van der Waals surface area contributed by atoms with Crippen molar-refractivity contribution in [1.82, 2.24) is 4.90 Å². The van der Waals surface area contributed by atoms with Crippen molar-refractivity contribution in [2.45, 2.75) is 38.6 Å². The highest BCUT2D eigenvalue weighted by Gasteiger charge is 2.42. The summed E-state index contributed by atoms with van der Waals surface area (Å²) < 4.78 is 0. The minimum absolute atomic E-state index is 0.611. The molecule has 0 aromatic rings. The van der Waals surface area contributed by atoms with Gasteiger partial charge in [0.25, 0.3) is 0 Å². The largest absolute Gasteiger partial charge is 0.298 e. The summed E-state index contributed by atoms with van der Waals surface area (Å²) in [5.74, 6) is 0.949. The SMILES string of the molecule is CC1CN2CCCC2(C)C1. The van der Waals surface area contributed by atoms with Crippen molar-refractivity contribution < 1.29 is 0 Å². The van der Waals surface area contributed by atoms with Crippen molar-refractivity contribution in [3.63, 3.8) is 0 Å². The van der Waals surface area contributed by atoms with Crippen LogP contribution in [-0.2, 0) is 0 Å². The first kappa shape index (κ1) is 6.66. The molecule has 0 amide bonds. The molecule has 0 aliphatic carbocycles. The predicted molar refractivity (Wildman–Crippen MR) is 43.0 cm³/mol. The zero-order valence-corrected chi connectivity index (χ0v) is 7.06. The van der Waals surface area contributed by atoms with Gasteiger partial charge in [0.05, 0.1) is 0 Å². The fraction of sp³-hybridized carbons (Fsp3) is 1.00. The van der Waals surface area contributed by atoms with Crippen LogP contribution in [0.2, 0.25) is 0 Å². The molecule has 2 saturated heterocycles. The van der Waals surface area contributed by atoms with Crippen LogP contribution < -0.4 is 0 Å². The monoisotopic (exact) mass is 139 g/mol. The standard InChI is InChI=1S/C9H17N/c1-8-6-9(2)4-3-5-10(9)7-8/h8H,3-7H2,1-2H3. The van der Waals surface area contributed by atoms with Crippen LogP contribution in [0.3, 0.4) is 0 Å². The van der Waals surface area contributed by atoms with E-state index < -0.39 is 0 Å². The molecule has 2 aliphatic rings. The minimum Gasteiger partial charge on any atom is -0.298 e. The first-order valence-electron chi connectivity index (χ1n) is 4.46. The first-order valence-corrected chi connectivity index (χ1v) is 4.46. The highest BCUT2D eigenvalue weighted by molar-refractivity contribution is 4.98. The van der Waals surface area contributed by atoms with Crippen LogP contribution in [0.15, 0.2) is 0 Å². The summed E-state index contributed by atoms with van der Waals surface area (Å²) in [4.78, 5) is 2.68. The van der Waals surface area contributed by atoms with E-state index in [9.17, 15) is 0 Å². The van der Waals surface area contributed by atoms with Gasteiger partial charge < -0.3 is 0 Å². The molecule has 2 aliphatic heterocycles. The Balaban J connectivity index is 2.15. The molecule has 10 heavy (non-hydrogen) atoms. The Hall–Kier alpha value is -0.0400. The number of hydrogen-bond donors (Lipinski definition) is 0. The molecule has 0 aromatic heterocycles. The van der Waals surface area contributed by atoms with E-state index in [2.05, 4.69) is 18.7 Å². The molecule has 0 bridgehead atoms. The van der Waals surface area contributed by atoms with Crippen molar-refractivity contribution in [3.05, 3.63) is 0 Å². The van der Waals surface area contributed by atoms with E-state index in [-0.39, 0.29) is 0 Å². The topological polar surface area (TPSA) is 3.24 Å². The third-order valence-corrected chi connectivity index (χ3v) is 3.23. The highest BCUT2D eigenvalue weighted by atomic mass is 15.2. The molecule has 58 valence electrons. The van der Waals surface area contributed by atoms with Crippen LogP contribution in [-0.4, -0.2) is 23.5 Å². The fourth-order valence-corrected chi connectivity index (χ4v) is 2.81. The van der Waals surface area contributed by atoms with Gasteiger partial charge in [-0.3, -0.25) is 4.90 Å². The van der Waals surface area contributed by atoms with Gasteiger partial charge in [0, 0.05) is 12.1 Å². The molecule has 2 rings (SSSR count). The molecule has 0 spiro atoms. The van der Waals surface area contributed by atoms with E-state index in [1.54, 1.807) is 0 Å². The molecular weight excluding hydrogens is 122 g/mol. The summed E-state index contributed by atoms with van der Waals surface area (Å²) in [6.45, 7) is 7.53. The maximum Gasteiger partial charge on any atom is 0.0185 e. The van der Waals surface area contributed by atoms with Crippen LogP contribution >= 0.6 is 0 Å². The van der Waals surface area contributed by atoms with E-state index in [0.29, 0.717) is 5.54 Å². The zero-order chi connectivity index (χ0) is 7.19. The van der Waals surface area contributed by atoms with Crippen LogP contribution in [0.25, 0.3) is 0 Å². The van der Waals surface area contributed by atoms with Crippen LogP contribution in [0.1, 0.15) is 33.1 Å². The molecule has 2 fully saturated rings. The summed E-state index contributed by atoms with van der Waals surface area (Å²) in [5.41, 5.74) is 0.611. The molecule has 2 heterocycles. The summed E-state index contributed by atoms with van der Waals surface area (Å²) >= 11 is 0. The van der Waals surface area contributed by atoms with Crippen LogP contribution in [0, 0.1) is 5.92 Å². The van der Waals surface area contributed by atoms with Gasteiger partial charge in [-0.1, -0.05) is 6.92 Å². The minimum atomic E-state index is 0.611. The van der Waals surface area contributed by atoms with Gasteiger partial charge in [-0.25, -0.2) is 0 Å². The van der Waals surface area contributed by atoms with Crippen molar-refractivity contribution in [2.75, 3.05) is 13.1 Å². The molecule has 0 saturated carbocycles. The Labute approximate surface area is 63.4 Å². The molecule has 1 nitrogen and oxygen atoms in total. The molecule has 0 aromatic carbocycles. The number of fused-ring (bicyclic) bond motifs is 1. The fourth-order valence-electron chi connectivity index (χ4n) is 2.81. The van der Waals surface area contributed by atoms with E-state index in [0.717, 1.165) is 5.92 Å². The lowest BCUT2D eigenvalue weighted by atomic mass is 9.93. The quantitative estimate of drug-likeness (QED) is 0.495. The summed E-state index contributed by atoms with van der Waals surface area (Å²) in [5, 5.41) is 0. The van der Waals surface area contributed by atoms with Crippen LogP contribution in [0.4, 0.5) is 0 Å². The lowest BCUT2D eigenvalue weighted by molar-refractivity contribution is 0.218. The first-order chi connectivity index (χ1) is 4.71. The second-order valence-corrected chi connectivity index (χ2v) is 4.36. The number of hydrogen-bond acceptors (Lipinski definition) is 1. The van der Waals surface area contributed by atoms with Gasteiger partial charge in [-0.15, -0.1) is 0 Å². The number of nitrogens with zero attached hydrogens (tertiary/aromatic N) is 1. The maximum atomic E-state index is 2.68. The van der Waals surface area contributed by atoms with E-state index in [4.69, 9.17) is 0 Å². The summed E-state index contributed by atoms with van der Waals surface area (Å²) in [7, 11) is 0. The Morgan fingerprint density at radius 1 is 1.50 bits per heavy atom. The van der Waals surface area contributed by atoms with Crippen molar-refractivity contribution in [2.24, 2.45) is 5.92 Å². The molecule has 2 unspecified atom stereocenters. The van der Waals surface area contributed by atoms with Crippen molar-refractivity contribution >= 4 is 0 Å². The molecule has 0 radical (unpaired) electrons. The van der Waals surface area contributed by atoms with Crippen molar-refractivity contribution in [3.8, 4) is 0 Å². The van der Waals surface area contributed by atoms with Gasteiger partial charge in [-0.05, 0) is 38.6 Å². The van der Waals surface area contributed by atoms with Gasteiger partial charge in [0.2, 0.25) is 0 Å². The third-order valence-electron chi connectivity index (χ3n) is 3.23. The molecule has 0 N–H and O–H groups in total.